The maximum absolute atomic E-state index is 10.5. The molecule has 13 heavy (non-hydrogen) atoms. The van der Waals surface area contributed by atoms with Gasteiger partial charge in [0.05, 0.1) is 6.21 Å². The van der Waals surface area contributed by atoms with Gasteiger partial charge in [0.25, 0.3) is 0 Å². The van der Waals surface area contributed by atoms with Gasteiger partial charge in [-0.2, -0.15) is 5.10 Å². The van der Waals surface area contributed by atoms with E-state index in [9.17, 15) is 4.79 Å². The summed E-state index contributed by atoms with van der Waals surface area (Å²) in [5.41, 5.74) is 9.35. The van der Waals surface area contributed by atoms with Gasteiger partial charge in [0.1, 0.15) is 0 Å². The second-order valence-electron chi connectivity index (χ2n) is 2.56. The van der Waals surface area contributed by atoms with Crippen LogP contribution in [0.3, 0.4) is 0 Å². The third kappa shape index (κ3) is 2.94. The summed E-state index contributed by atoms with van der Waals surface area (Å²) in [6.45, 7) is 1.39. The predicted octanol–water partition coefficient (Wildman–Crippen LogP) is 0.739. The fourth-order valence-corrected chi connectivity index (χ4v) is 0.821. The van der Waals surface area contributed by atoms with Gasteiger partial charge in [-0.15, -0.1) is 0 Å². The molecule has 0 unspecified atom stereocenters. The molecule has 0 atom stereocenters. The predicted molar refractivity (Wildman–Crippen MR) is 52.3 cm³/mol. The number of carbonyl (C=O) groups excluding carboxylic acids is 1. The normalized spacial score (nSPS) is 10.2. The van der Waals surface area contributed by atoms with E-state index in [2.05, 4.69) is 10.5 Å². The van der Waals surface area contributed by atoms with Crippen LogP contribution < -0.4 is 11.2 Å². The van der Waals surface area contributed by atoms with Gasteiger partial charge in [-0.1, -0.05) is 18.2 Å². The van der Waals surface area contributed by atoms with Crippen molar-refractivity contribution >= 4 is 17.8 Å². The van der Waals surface area contributed by atoms with E-state index in [4.69, 9.17) is 5.73 Å². The maximum atomic E-state index is 10.5. The lowest BCUT2D eigenvalue weighted by Gasteiger charge is -1.97. The average Bonchev–Trinajstić information content (AvgIpc) is 2.08. The molecule has 1 amide bonds. The van der Waals surface area contributed by atoms with E-state index >= 15 is 0 Å². The molecule has 4 heteroatoms. The molecule has 0 aliphatic rings. The molecule has 1 aromatic rings. The fourth-order valence-electron chi connectivity index (χ4n) is 0.821. The molecule has 0 fully saturated rings. The Morgan fingerprint density at radius 3 is 2.85 bits per heavy atom. The van der Waals surface area contributed by atoms with Crippen LogP contribution in [-0.2, 0) is 4.79 Å². The van der Waals surface area contributed by atoms with Crippen molar-refractivity contribution in [3.8, 4) is 0 Å². The highest BCUT2D eigenvalue weighted by Gasteiger charge is 1.92. The number of carbonyl (C=O) groups is 1. The lowest BCUT2D eigenvalue weighted by atomic mass is 10.2. The highest BCUT2D eigenvalue weighted by Crippen LogP contribution is 2.06. The van der Waals surface area contributed by atoms with Gasteiger partial charge in [-0.3, -0.25) is 4.79 Å². The Labute approximate surface area is 76.4 Å². The Morgan fingerprint density at radius 2 is 2.23 bits per heavy atom. The van der Waals surface area contributed by atoms with Crippen molar-refractivity contribution in [2.45, 2.75) is 6.92 Å². The number of benzene rings is 1. The molecule has 1 aromatic carbocycles. The molecular weight excluding hydrogens is 166 g/mol. The van der Waals surface area contributed by atoms with Crippen LogP contribution in [0, 0.1) is 0 Å². The monoisotopic (exact) mass is 177 g/mol. The second-order valence-corrected chi connectivity index (χ2v) is 2.56. The Morgan fingerprint density at radius 1 is 1.54 bits per heavy atom. The number of amides is 1. The van der Waals surface area contributed by atoms with Crippen molar-refractivity contribution < 1.29 is 4.79 Å². The first-order valence-corrected chi connectivity index (χ1v) is 3.84. The van der Waals surface area contributed by atoms with Crippen LogP contribution in [0.25, 0.3) is 0 Å². The Hall–Kier alpha value is -1.84. The van der Waals surface area contributed by atoms with Crippen molar-refractivity contribution in [2.75, 3.05) is 5.73 Å². The third-order valence-electron chi connectivity index (χ3n) is 1.42. The van der Waals surface area contributed by atoms with E-state index in [1.165, 1.54) is 13.1 Å². The first-order valence-electron chi connectivity index (χ1n) is 3.84. The zero-order valence-electron chi connectivity index (χ0n) is 7.32. The summed E-state index contributed by atoms with van der Waals surface area (Å²) in [5, 5.41) is 3.70. The summed E-state index contributed by atoms with van der Waals surface area (Å²) < 4.78 is 0. The molecule has 0 saturated heterocycles. The molecule has 4 nitrogen and oxygen atoms in total. The number of nitrogens with zero attached hydrogens (tertiary/aromatic N) is 1. The molecule has 68 valence electrons. The number of hydrogen-bond donors (Lipinski definition) is 2. The summed E-state index contributed by atoms with van der Waals surface area (Å²) >= 11 is 0. The summed E-state index contributed by atoms with van der Waals surface area (Å²) in [6, 6.07) is 7.28. The minimum absolute atomic E-state index is 0.203. The van der Waals surface area contributed by atoms with Crippen LogP contribution in [0.5, 0.6) is 0 Å². The molecule has 1 rings (SSSR count). The van der Waals surface area contributed by atoms with Crippen LogP contribution in [0.2, 0.25) is 0 Å². The smallest absolute Gasteiger partial charge is 0.236 e. The van der Waals surface area contributed by atoms with Crippen molar-refractivity contribution in [3.63, 3.8) is 0 Å². The zero-order chi connectivity index (χ0) is 9.68. The van der Waals surface area contributed by atoms with Crippen molar-refractivity contribution in [1.29, 1.82) is 0 Å². The SMILES string of the molecule is CC(=O)NN=Cc1ccccc1N. The van der Waals surface area contributed by atoms with Crippen LogP contribution in [0.1, 0.15) is 12.5 Å². The van der Waals surface area contributed by atoms with Gasteiger partial charge < -0.3 is 5.73 Å². The molecule has 0 radical (unpaired) electrons. The summed E-state index contributed by atoms with van der Waals surface area (Å²) in [7, 11) is 0. The molecular formula is C9H11N3O. The first kappa shape index (κ1) is 9.25. The number of hydrogen-bond acceptors (Lipinski definition) is 3. The lowest BCUT2D eigenvalue weighted by Crippen LogP contribution is -2.12. The lowest BCUT2D eigenvalue weighted by molar-refractivity contribution is -0.118. The third-order valence-corrected chi connectivity index (χ3v) is 1.42. The Bertz CT molecular complexity index is 333. The minimum Gasteiger partial charge on any atom is -0.398 e. The Balaban J connectivity index is 2.68. The van der Waals surface area contributed by atoms with Gasteiger partial charge in [-0.05, 0) is 6.07 Å². The van der Waals surface area contributed by atoms with E-state index in [1.54, 1.807) is 6.07 Å². The number of nitrogens with one attached hydrogen (secondary N) is 1. The van der Waals surface area contributed by atoms with Gasteiger partial charge in [0.15, 0.2) is 0 Å². The van der Waals surface area contributed by atoms with Gasteiger partial charge >= 0.3 is 0 Å². The molecule has 0 aromatic heterocycles. The zero-order valence-corrected chi connectivity index (χ0v) is 7.32. The summed E-state index contributed by atoms with van der Waals surface area (Å²) in [5.74, 6) is -0.203. The van der Waals surface area contributed by atoms with Crippen LogP contribution in [0.4, 0.5) is 5.69 Å². The van der Waals surface area contributed by atoms with Crippen molar-refractivity contribution in [3.05, 3.63) is 29.8 Å². The number of nitrogens with two attached hydrogens (primary N) is 1. The fraction of sp³-hybridized carbons (Fsp3) is 0.111. The van der Waals surface area contributed by atoms with E-state index in [0.29, 0.717) is 5.69 Å². The molecule has 0 aliphatic carbocycles. The van der Waals surface area contributed by atoms with Crippen LogP contribution >= 0.6 is 0 Å². The van der Waals surface area contributed by atoms with E-state index < -0.39 is 0 Å². The second kappa shape index (κ2) is 4.25. The van der Waals surface area contributed by atoms with Crippen molar-refractivity contribution in [1.82, 2.24) is 5.43 Å². The van der Waals surface area contributed by atoms with Crippen LogP contribution in [0.15, 0.2) is 29.4 Å². The highest BCUT2D eigenvalue weighted by molar-refractivity contribution is 5.87. The quantitative estimate of drug-likeness (QED) is 0.397. The molecule has 0 heterocycles. The van der Waals surface area contributed by atoms with E-state index in [1.807, 2.05) is 18.2 Å². The highest BCUT2D eigenvalue weighted by atomic mass is 16.2. The number of hydrazone groups is 1. The van der Waals surface area contributed by atoms with Crippen molar-refractivity contribution in [2.24, 2.45) is 5.10 Å². The van der Waals surface area contributed by atoms with E-state index in [0.717, 1.165) is 5.56 Å². The average molecular weight is 177 g/mol. The molecule has 3 N–H and O–H groups in total. The molecule has 0 bridgehead atoms. The van der Waals surface area contributed by atoms with Gasteiger partial charge in [-0.25, -0.2) is 5.43 Å². The largest absolute Gasteiger partial charge is 0.398 e. The number of rotatable bonds is 2. The first-order chi connectivity index (χ1) is 6.20. The standard InChI is InChI=1S/C9H11N3O/c1-7(13)12-11-6-8-4-2-3-5-9(8)10/h2-6H,10H2,1H3,(H,12,13). The van der Waals surface area contributed by atoms with Gasteiger partial charge in [0.2, 0.25) is 5.91 Å². The number of nitrogen functional groups attached to an aromatic ring is 1. The topological polar surface area (TPSA) is 67.5 Å². The Kier molecular flexibility index (Phi) is 3.03. The van der Waals surface area contributed by atoms with Gasteiger partial charge in [0, 0.05) is 18.2 Å². The van der Waals surface area contributed by atoms with Crippen LogP contribution in [-0.4, -0.2) is 12.1 Å². The maximum Gasteiger partial charge on any atom is 0.236 e. The molecule has 0 saturated carbocycles. The molecule has 0 aliphatic heterocycles. The van der Waals surface area contributed by atoms with E-state index in [-0.39, 0.29) is 5.91 Å². The summed E-state index contributed by atoms with van der Waals surface area (Å²) in [4.78, 5) is 10.5. The summed E-state index contributed by atoms with van der Waals surface area (Å²) in [6.07, 6.45) is 1.51. The number of anilines is 1. The minimum atomic E-state index is -0.203. The molecule has 0 spiro atoms. The number of para-hydroxylation sites is 1.